The molecule has 2 spiro atoms. The van der Waals surface area contributed by atoms with E-state index in [2.05, 4.69) is 0 Å². The Hall–Kier alpha value is -4.19. The minimum atomic E-state index is -1.67. The molecule has 202 valence electrons. The summed E-state index contributed by atoms with van der Waals surface area (Å²) in [6.07, 6.45) is -1.66. The summed E-state index contributed by atoms with van der Waals surface area (Å²) in [6, 6.07) is 9.16. The summed E-state index contributed by atoms with van der Waals surface area (Å²) in [7, 11) is 1.41. The Morgan fingerprint density at radius 2 is 1.82 bits per heavy atom. The highest BCUT2D eigenvalue weighted by Gasteiger charge is 2.77. The topological polar surface area (TPSA) is 154 Å². The van der Waals surface area contributed by atoms with Crippen molar-refractivity contribution < 1.29 is 47.9 Å². The first-order chi connectivity index (χ1) is 19.3. The number of hydrogen-bond acceptors (Lipinski definition) is 11. The monoisotopic (exact) mass is 544 g/mol. The number of ether oxygens (including phenoxy) is 5. The van der Waals surface area contributed by atoms with Crippen LogP contribution in [0.2, 0.25) is 0 Å². The zero-order valence-corrected chi connectivity index (χ0v) is 20.8. The Balaban J connectivity index is 1.37. The van der Waals surface area contributed by atoms with Gasteiger partial charge >= 0.3 is 5.63 Å². The first kappa shape index (κ1) is 22.6. The fourth-order valence-corrected chi connectivity index (χ4v) is 7.75. The van der Waals surface area contributed by atoms with E-state index in [9.17, 15) is 24.6 Å². The number of carbonyl (C=O) groups excluding carboxylic acids is 2. The maximum Gasteiger partial charge on any atom is 0.339 e. The number of ketones is 2. The molecule has 0 unspecified atom stereocenters. The number of aliphatic hydroxyl groups excluding tert-OH is 1. The van der Waals surface area contributed by atoms with Gasteiger partial charge < -0.3 is 33.6 Å². The van der Waals surface area contributed by atoms with E-state index in [1.165, 1.54) is 25.3 Å². The summed E-state index contributed by atoms with van der Waals surface area (Å²) in [5.74, 6) is -5.62. The molecule has 3 aliphatic carbocycles. The molecule has 2 aromatic carbocycles. The van der Waals surface area contributed by atoms with Crippen molar-refractivity contribution in [3.05, 3.63) is 80.4 Å². The molecule has 4 heterocycles. The molecule has 1 saturated heterocycles. The maximum atomic E-state index is 14.1. The van der Waals surface area contributed by atoms with Crippen LogP contribution in [-0.2, 0) is 27.5 Å². The molecule has 11 heteroatoms. The lowest BCUT2D eigenvalue weighted by molar-refractivity contribution is -0.388. The second kappa shape index (κ2) is 6.92. The van der Waals surface area contributed by atoms with Crippen LogP contribution in [0.1, 0.15) is 49.1 Å². The number of benzene rings is 2. The van der Waals surface area contributed by atoms with E-state index in [0.717, 1.165) is 0 Å². The Morgan fingerprint density at radius 3 is 2.62 bits per heavy atom. The highest BCUT2D eigenvalue weighted by Crippen LogP contribution is 2.69. The average Bonchev–Trinajstić information content (AvgIpc) is 3.76. The van der Waals surface area contributed by atoms with Crippen LogP contribution >= 0.6 is 0 Å². The van der Waals surface area contributed by atoms with Crippen LogP contribution in [0, 0.1) is 11.8 Å². The van der Waals surface area contributed by atoms with Gasteiger partial charge in [-0.15, -0.1) is 0 Å². The fraction of sp³-hybridized carbons (Fsp3) is 0.345. The number of hydrogen-bond donors (Lipinski definition) is 2. The highest BCUT2D eigenvalue weighted by atomic mass is 16.8. The van der Waals surface area contributed by atoms with Crippen molar-refractivity contribution in [1.29, 1.82) is 0 Å². The Labute approximate surface area is 224 Å². The number of carbonyl (C=O) groups is 2. The largest absolute Gasteiger partial charge is 0.507 e. The molecule has 40 heavy (non-hydrogen) atoms. The number of phenolic OH excluding ortho intramolecular Hbond substituents is 1. The Kier molecular flexibility index (Phi) is 3.91. The van der Waals surface area contributed by atoms with Gasteiger partial charge in [0.1, 0.15) is 28.8 Å². The molecule has 7 atom stereocenters. The molecule has 3 aromatic rings. The lowest BCUT2D eigenvalue weighted by Gasteiger charge is -2.59. The fourth-order valence-electron chi connectivity index (χ4n) is 7.75. The standard InChI is InChI=1S/C29H20O11/c1-35-16-8-18(32)36-17-7-11-21(12(9-30)19(16)17)28-22-10(24(11)33)3-2-4-14(22)39-29(40-28)23-15(38-28)6-5-13(31)20(23)25(34)26-27(29)37-26/h2-6,8,11-12,21,26-27,30-31H,7,9H2,1H3/t11-,12-,21-,26+,27+,28+,29-/m0/s1. The summed E-state index contributed by atoms with van der Waals surface area (Å²) >= 11 is 0. The van der Waals surface area contributed by atoms with Crippen molar-refractivity contribution in [1.82, 2.24) is 0 Å². The van der Waals surface area contributed by atoms with Crippen LogP contribution in [0.15, 0.2) is 45.6 Å². The number of methoxy groups -OCH3 is 1. The molecule has 6 aliphatic rings. The lowest BCUT2D eigenvalue weighted by atomic mass is 9.59. The van der Waals surface area contributed by atoms with E-state index in [-0.39, 0.29) is 46.3 Å². The van der Waals surface area contributed by atoms with Gasteiger partial charge in [0.25, 0.3) is 5.79 Å². The zero-order valence-electron chi connectivity index (χ0n) is 20.8. The summed E-state index contributed by atoms with van der Waals surface area (Å²) in [4.78, 5) is 39.6. The van der Waals surface area contributed by atoms with E-state index in [4.69, 9.17) is 28.1 Å². The van der Waals surface area contributed by atoms with Crippen LogP contribution in [0.4, 0.5) is 0 Å². The number of aromatic hydroxyl groups is 1. The molecule has 0 saturated carbocycles. The van der Waals surface area contributed by atoms with Gasteiger partial charge in [-0.25, -0.2) is 4.79 Å². The van der Waals surface area contributed by atoms with Gasteiger partial charge in [-0.1, -0.05) is 12.1 Å². The van der Waals surface area contributed by atoms with E-state index in [0.29, 0.717) is 22.4 Å². The molecule has 0 amide bonds. The summed E-state index contributed by atoms with van der Waals surface area (Å²) in [6.45, 7) is -0.444. The molecule has 1 aromatic heterocycles. The molecule has 3 aliphatic heterocycles. The number of Topliss-reactive ketones (excluding diaryl/α,β-unsaturated/α-hetero) is 2. The number of epoxide rings is 1. The van der Waals surface area contributed by atoms with E-state index < -0.39 is 59.6 Å². The van der Waals surface area contributed by atoms with Gasteiger partial charge in [-0.3, -0.25) is 14.3 Å². The minimum Gasteiger partial charge on any atom is -0.507 e. The predicted molar refractivity (Wildman–Crippen MR) is 130 cm³/mol. The summed E-state index contributed by atoms with van der Waals surface area (Å²) in [5.41, 5.74) is 0.756. The normalized spacial score (nSPS) is 34.7. The van der Waals surface area contributed by atoms with Crippen molar-refractivity contribution in [2.75, 3.05) is 13.7 Å². The summed E-state index contributed by atoms with van der Waals surface area (Å²) in [5, 5.41) is 21.6. The van der Waals surface area contributed by atoms with Crippen molar-refractivity contribution >= 4 is 11.6 Å². The number of fused-ring (bicyclic) bond motifs is 3. The molecule has 2 bridgehead atoms. The SMILES string of the molecule is COc1cc(=O)oc2c1[C@H](CO)[C@@H]1[C@H](C2)C(=O)c2cccc3c2[C@@]12Oc1ccc(O)c4c1[C@](O3)(O2)[C@@H]1O[C@@H]1C4=O. The van der Waals surface area contributed by atoms with Gasteiger partial charge in [-0.05, 0) is 18.2 Å². The number of rotatable bonds is 2. The first-order valence-electron chi connectivity index (χ1n) is 13.0. The van der Waals surface area contributed by atoms with E-state index in [1.54, 1.807) is 18.2 Å². The minimum absolute atomic E-state index is 0.00489. The molecule has 9 rings (SSSR count). The van der Waals surface area contributed by atoms with Crippen LogP contribution < -0.4 is 19.8 Å². The molecule has 2 N–H and O–H groups in total. The molecular weight excluding hydrogens is 524 g/mol. The second-order valence-electron chi connectivity index (χ2n) is 11.0. The molecular formula is C29H20O11. The van der Waals surface area contributed by atoms with Gasteiger partial charge in [0.2, 0.25) is 5.79 Å². The predicted octanol–water partition coefficient (Wildman–Crippen LogP) is 1.89. The van der Waals surface area contributed by atoms with Crippen molar-refractivity contribution in [3.8, 4) is 23.0 Å². The third-order valence-electron chi connectivity index (χ3n) is 9.20. The lowest BCUT2D eigenvalue weighted by Crippen LogP contribution is -2.67. The van der Waals surface area contributed by atoms with Crippen LogP contribution in [-0.4, -0.2) is 47.7 Å². The Bertz CT molecular complexity index is 1790. The van der Waals surface area contributed by atoms with Gasteiger partial charge in [0.15, 0.2) is 23.8 Å². The molecule has 11 nitrogen and oxygen atoms in total. The van der Waals surface area contributed by atoms with Crippen LogP contribution in [0.3, 0.4) is 0 Å². The van der Waals surface area contributed by atoms with Gasteiger partial charge in [0.05, 0.1) is 36.5 Å². The average molecular weight is 544 g/mol. The first-order valence-corrected chi connectivity index (χ1v) is 13.0. The van der Waals surface area contributed by atoms with Crippen molar-refractivity contribution in [2.24, 2.45) is 11.8 Å². The molecule has 0 radical (unpaired) electrons. The maximum absolute atomic E-state index is 14.1. The third-order valence-corrected chi connectivity index (χ3v) is 9.20. The van der Waals surface area contributed by atoms with E-state index >= 15 is 0 Å². The van der Waals surface area contributed by atoms with Crippen LogP contribution in [0.25, 0.3) is 0 Å². The van der Waals surface area contributed by atoms with Crippen molar-refractivity contribution in [3.63, 3.8) is 0 Å². The zero-order chi connectivity index (χ0) is 27.3. The summed E-state index contributed by atoms with van der Waals surface area (Å²) < 4.78 is 37.1. The smallest absolute Gasteiger partial charge is 0.339 e. The van der Waals surface area contributed by atoms with E-state index in [1.807, 2.05) is 0 Å². The highest BCUT2D eigenvalue weighted by molar-refractivity contribution is 6.08. The Morgan fingerprint density at radius 1 is 1.02 bits per heavy atom. The number of phenols is 1. The molecule has 1 fully saturated rings. The number of aliphatic hydroxyl groups is 1. The quantitative estimate of drug-likeness (QED) is 0.455. The van der Waals surface area contributed by atoms with Gasteiger partial charge in [-0.2, -0.15) is 0 Å². The van der Waals surface area contributed by atoms with Crippen LogP contribution in [0.5, 0.6) is 23.0 Å². The van der Waals surface area contributed by atoms with Crippen molar-refractivity contribution in [2.45, 2.75) is 36.1 Å². The second-order valence-corrected chi connectivity index (χ2v) is 11.0. The third kappa shape index (κ3) is 2.34. The van der Waals surface area contributed by atoms with Gasteiger partial charge in [0, 0.05) is 35.3 Å².